The molecule has 3 heterocycles. The molecule has 1 aromatic heterocycles. The summed E-state index contributed by atoms with van der Waals surface area (Å²) in [6.07, 6.45) is 0.860. The molecule has 0 saturated carbocycles. The zero-order chi connectivity index (χ0) is 26.2. The minimum Gasteiger partial charge on any atom is -0.476 e. The van der Waals surface area contributed by atoms with Crippen molar-refractivity contribution in [1.29, 1.82) is 0 Å². The highest BCUT2D eigenvalue weighted by atomic mass is 32.2. The summed E-state index contributed by atoms with van der Waals surface area (Å²) in [4.78, 5) is 49.6. The number of carboxylic acids is 1. The Kier molecular flexibility index (Phi) is 7.06. The maximum atomic E-state index is 12.9. The number of rotatable bonds is 9. The number of nitro benzene ring substituents is 1. The molecule has 190 valence electrons. The number of carbonyl (C=O) groups is 3. The Balaban J connectivity index is 1.64. The number of nitro groups is 1. The lowest BCUT2D eigenvalue weighted by molar-refractivity contribution is -0.384. The first-order valence-electron chi connectivity index (χ1n) is 10.3. The summed E-state index contributed by atoms with van der Waals surface area (Å²) in [7, 11) is -4.16. The lowest BCUT2D eigenvalue weighted by Gasteiger charge is -2.50. The van der Waals surface area contributed by atoms with E-state index in [1.807, 2.05) is 5.38 Å². The number of nitrogens with one attached hydrogen (secondary N) is 1. The van der Waals surface area contributed by atoms with Crippen LogP contribution in [0.25, 0.3) is 0 Å². The van der Waals surface area contributed by atoms with Gasteiger partial charge in [0.1, 0.15) is 11.4 Å². The topological polar surface area (TPSA) is 173 Å². The second kappa shape index (κ2) is 9.91. The molecule has 1 aromatic carbocycles. The predicted molar refractivity (Wildman–Crippen MR) is 129 cm³/mol. The molecule has 2 aliphatic rings. The number of thioether (sulfide) groups is 1. The summed E-state index contributed by atoms with van der Waals surface area (Å²) in [5.74, 6) is -3.11. The molecular formula is C21H19N3O9S3. The minimum atomic E-state index is -4.16. The van der Waals surface area contributed by atoms with Gasteiger partial charge in [0.2, 0.25) is 5.91 Å². The molecule has 2 amide bonds. The van der Waals surface area contributed by atoms with Crippen molar-refractivity contribution in [2.75, 3.05) is 6.26 Å². The summed E-state index contributed by atoms with van der Waals surface area (Å²) in [6, 6.07) is 8.02. The van der Waals surface area contributed by atoms with Crippen molar-refractivity contribution in [3.05, 3.63) is 73.8 Å². The van der Waals surface area contributed by atoms with Crippen molar-refractivity contribution in [2.45, 2.75) is 29.5 Å². The molecule has 0 aliphatic carbocycles. The fourth-order valence-corrected chi connectivity index (χ4v) is 6.71. The third-order valence-electron chi connectivity index (χ3n) is 5.36. The molecule has 0 radical (unpaired) electrons. The molecule has 2 unspecified atom stereocenters. The highest BCUT2D eigenvalue weighted by Gasteiger charge is 2.57. The van der Waals surface area contributed by atoms with Gasteiger partial charge in [0.25, 0.3) is 11.6 Å². The lowest BCUT2D eigenvalue weighted by Crippen LogP contribution is -2.71. The van der Waals surface area contributed by atoms with E-state index in [0.29, 0.717) is 5.56 Å². The van der Waals surface area contributed by atoms with E-state index in [0.717, 1.165) is 27.8 Å². The van der Waals surface area contributed by atoms with Crippen LogP contribution in [-0.2, 0) is 41.5 Å². The van der Waals surface area contributed by atoms with Crippen molar-refractivity contribution < 1.29 is 37.0 Å². The Morgan fingerprint density at radius 3 is 2.50 bits per heavy atom. The van der Waals surface area contributed by atoms with E-state index in [2.05, 4.69) is 5.32 Å². The average Bonchev–Trinajstić information content (AvgIpc) is 3.30. The second-order valence-corrected chi connectivity index (χ2v) is 11.9. The van der Waals surface area contributed by atoms with Gasteiger partial charge in [-0.2, -0.15) is 8.42 Å². The van der Waals surface area contributed by atoms with E-state index in [1.165, 1.54) is 35.6 Å². The molecule has 3 atom stereocenters. The number of β-lactam (4-membered cyclic amide) rings is 1. The molecule has 1 fully saturated rings. The van der Waals surface area contributed by atoms with Crippen LogP contribution in [-0.4, -0.2) is 64.1 Å². The predicted octanol–water partition coefficient (Wildman–Crippen LogP) is 1.48. The van der Waals surface area contributed by atoms with Gasteiger partial charge >= 0.3 is 16.1 Å². The molecule has 12 nitrogen and oxygen atoms in total. The molecule has 1 saturated heterocycles. The van der Waals surface area contributed by atoms with Gasteiger partial charge in [-0.1, -0.05) is 18.2 Å². The lowest BCUT2D eigenvalue weighted by atomic mass is 10.0. The summed E-state index contributed by atoms with van der Waals surface area (Å²) in [6.45, 7) is 0. The largest absolute Gasteiger partial charge is 0.476 e. The number of amides is 2. The Bertz CT molecular complexity index is 1350. The third-order valence-corrected chi connectivity index (χ3v) is 8.19. The number of non-ortho nitro benzene ring substituents is 1. The minimum absolute atomic E-state index is 0.0507. The van der Waals surface area contributed by atoms with E-state index in [-0.39, 0.29) is 18.5 Å². The quantitative estimate of drug-likeness (QED) is 0.200. The van der Waals surface area contributed by atoms with Crippen molar-refractivity contribution in [1.82, 2.24) is 10.2 Å². The highest BCUT2D eigenvalue weighted by molar-refractivity contribution is 8.01. The van der Waals surface area contributed by atoms with Crippen molar-refractivity contribution in [2.24, 2.45) is 0 Å². The van der Waals surface area contributed by atoms with Gasteiger partial charge in [-0.05, 0) is 23.4 Å². The normalized spacial score (nSPS) is 21.4. The number of carbonyl (C=O) groups excluding carboxylic acids is 2. The maximum Gasteiger partial charge on any atom is 0.356 e. The molecule has 0 spiro atoms. The molecule has 2 aliphatic heterocycles. The van der Waals surface area contributed by atoms with Gasteiger partial charge < -0.3 is 14.6 Å². The number of hydrogen-bond acceptors (Lipinski definition) is 10. The van der Waals surface area contributed by atoms with Gasteiger partial charge in [-0.3, -0.25) is 24.6 Å². The second-order valence-electron chi connectivity index (χ2n) is 7.96. The fraction of sp³-hybridized carbons (Fsp3) is 0.286. The molecule has 2 aromatic rings. The summed E-state index contributed by atoms with van der Waals surface area (Å²) < 4.78 is 28.9. The number of aliphatic carboxylic acids is 1. The molecule has 2 N–H and O–H groups in total. The number of benzene rings is 1. The third kappa shape index (κ3) is 5.37. The van der Waals surface area contributed by atoms with E-state index in [4.69, 9.17) is 4.18 Å². The monoisotopic (exact) mass is 553 g/mol. The van der Waals surface area contributed by atoms with Gasteiger partial charge in [0.05, 0.1) is 22.8 Å². The number of nitrogens with zero attached hydrogens (tertiary/aromatic N) is 2. The first kappa shape index (κ1) is 25.7. The van der Waals surface area contributed by atoms with E-state index in [9.17, 15) is 38.0 Å². The SMILES string of the molecule is CS(=O)(=O)OC1=C(C(=O)O)N2C(=O)C(NC(=O)Cc3cccs3)[C@H]2SC1Cc1ccc([N+](=O)[O-])cc1. The Morgan fingerprint density at radius 1 is 1.25 bits per heavy atom. The fourth-order valence-electron chi connectivity index (χ4n) is 3.84. The van der Waals surface area contributed by atoms with Gasteiger partial charge in [-0.25, -0.2) is 4.79 Å². The Morgan fingerprint density at radius 2 is 1.94 bits per heavy atom. The van der Waals surface area contributed by atoms with Crippen LogP contribution in [0.1, 0.15) is 10.4 Å². The number of thiophene rings is 1. The Hall–Kier alpha value is -3.43. The number of fused-ring (bicyclic) bond motifs is 1. The van der Waals surface area contributed by atoms with E-state index >= 15 is 0 Å². The first-order chi connectivity index (χ1) is 16.9. The van der Waals surface area contributed by atoms with Gasteiger partial charge in [0.15, 0.2) is 11.5 Å². The van der Waals surface area contributed by atoms with Crippen LogP contribution in [0.2, 0.25) is 0 Å². The summed E-state index contributed by atoms with van der Waals surface area (Å²) in [5.41, 5.74) is -0.214. The average molecular weight is 554 g/mol. The van der Waals surface area contributed by atoms with Crippen LogP contribution in [0.5, 0.6) is 0 Å². The van der Waals surface area contributed by atoms with Crippen LogP contribution in [0.15, 0.2) is 53.2 Å². The van der Waals surface area contributed by atoms with Gasteiger partial charge in [-0.15, -0.1) is 23.1 Å². The zero-order valence-corrected chi connectivity index (χ0v) is 21.0. The van der Waals surface area contributed by atoms with Crippen LogP contribution in [0.3, 0.4) is 0 Å². The van der Waals surface area contributed by atoms with E-state index < -0.39 is 60.9 Å². The molecule has 15 heteroatoms. The van der Waals surface area contributed by atoms with Crippen LogP contribution in [0, 0.1) is 10.1 Å². The first-order valence-corrected chi connectivity index (χ1v) is 14.0. The van der Waals surface area contributed by atoms with Crippen molar-refractivity contribution in [3.63, 3.8) is 0 Å². The molecular weight excluding hydrogens is 534 g/mol. The van der Waals surface area contributed by atoms with Crippen molar-refractivity contribution in [3.8, 4) is 0 Å². The summed E-state index contributed by atoms with van der Waals surface area (Å²) >= 11 is 2.45. The zero-order valence-electron chi connectivity index (χ0n) is 18.5. The standard InChI is InChI=1S/C21H19N3O9S3/c1-36(31,32)33-18-14(9-11-4-6-12(7-5-11)24(29)30)35-20-16(19(26)23(20)17(18)21(27)28)22-15(25)10-13-3-2-8-34-13/h2-8,14,16,20H,9-10H2,1H3,(H,22,25)(H,27,28)/t14?,16?,20-/m1/s1. The number of hydrogen-bond donors (Lipinski definition) is 2. The summed E-state index contributed by atoms with van der Waals surface area (Å²) in [5, 5.41) is 23.6. The molecule has 0 bridgehead atoms. The smallest absolute Gasteiger partial charge is 0.356 e. The van der Waals surface area contributed by atoms with Crippen LogP contribution >= 0.6 is 23.1 Å². The molecule has 4 rings (SSSR count). The van der Waals surface area contributed by atoms with Crippen LogP contribution in [0.4, 0.5) is 5.69 Å². The van der Waals surface area contributed by atoms with E-state index in [1.54, 1.807) is 12.1 Å². The number of carboxylic acid groups (broad SMARTS) is 1. The Labute approximate surface area is 213 Å². The maximum absolute atomic E-state index is 12.9. The van der Waals surface area contributed by atoms with Crippen LogP contribution < -0.4 is 5.32 Å². The highest BCUT2D eigenvalue weighted by Crippen LogP contribution is 2.46. The van der Waals surface area contributed by atoms with Crippen molar-refractivity contribution >= 4 is 56.7 Å². The molecule has 36 heavy (non-hydrogen) atoms. The van der Waals surface area contributed by atoms with Gasteiger partial charge in [0, 0.05) is 17.0 Å².